The highest BCUT2D eigenvalue weighted by Gasteiger charge is 2.34. The topological polar surface area (TPSA) is 49.9 Å². The highest BCUT2D eigenvalue weighted by Crippen LogP contribution is 2.36. The van der Waals surface area contributed by atoms with Gasteiger partial charge in [0.25, 0.3) is 10.0 Å². The summed E-state index contributed by atoms with van der Waals surface area (Å²) >= 11 is 1.39. The Hall–Kier alpha value is -1.41. The van der Waals surface area contributed by atoms with Gasteiger partial charge in [0.05, 0.1) is 6.61 Å². The number of nitrogens with zero attached hydrogens (tertiary/aromatic N) is 2. The fraction of sp³-hybridized carbons (Fsp3) is 0.474. The Morgan fingerprint density at radius 3 is 2.62 bits per heavy atom. The molecule has 0 radical (unpaired) electrons. The number of hydrogen-bond donors (Lipinski definition) is 0. The van der Waals surface area contributed by atoms with E-state index in [0.717, 1.165) is 43.2 Å². The van der Waals surface area contributed by atoms with Crippen LogP contribution in [0.4, 0.5) is 0 Å². The van der Waals surface area contributed by atoms with E-state index in [2.05, 4.69) is 11.0 Å². The molecule has 1 fully saturated rings. The number of ether oxygens (including phenoxy) is 1. The molecule has 1 saturated heterocycles. The molecule has 4 rings (SSSR count). The number of thiophene rings is 1. The molecule has 0 bridgehead atoms. The maximum absolute atomic E-state index is 12.9. The summed E-state index contributed by atoms with van der Waals surface area (Å²) in [6, 6.07) is 12.2. The second kappa shape index (κ2) is 7.31. The lowest BCUT2D eigenvalue weighted by molar-refractivity contribution is 0.103. The van der Waals surface area contributed by atoms with Crippen molar-refractivity contribution in [3.63, 3.8) is 0 Å². The average molecular weight is 393 g/mol. The Morgan fingerprint density at radius 1 is 1.12 bits per heavy atom. The Labute approximate surface area is 159 Å². The lowest BCUT2D eigenvalue weighted by Gasteiger charge is -2.40. The van der Waals surface area contributed by atoms with Crippen LogP contribution in [0.5, 0.6) is 5.75 Å². The first-order valence-corrected chi connectivity index (χ1v) is 11.4. The van der Waals surface area contributed by atoms with Crippen LogP contribution in [0.2, 0.25) is 0 Å². The Balaban J connectivity index is 1.46. The summed E-state index contributed by atoms with van der Waals surface area (Å²) in [5.74, 6) is 0.962. The van der Waals surface area contributed by atoms with Crippen LogP contribution in [0.25, 0.3) is 0 Å². The molecule has 1 aromatic carbocycles. The van der Waals surface area contributed by atoms with E-state index >= 15 is 0 Å². The van der Waals surface area contributed by atoms with E-state index in [9.17, 15) is 8.42 Å². The van der Waals surface area contributed by atoms with Crippen LogP contribution in [0, 0.1) is 0 Å². The smallest absolute Gasteiger partial charge is 0.252 e. The van der Waals surface area contributed by atoms with E-state index in [4.69, 9.17) is 4.74 Å². The number of benzene rings is 1. The standard InChI is InChI=1S/C19H24N2O3S2/c1-2-15-7-8-19(25-15)26(22,23)21-12-10-20(11-13-21)17-9-14-24-18-6-4-3-5-16(17)18/h3-8,17H,2,9-14H2,1H3. The minimum atomic E-state index is -3.37. The molecule has 2 aliphatic heterocycles. The quantitative estimate of drug-likeness (QED) is 0.802. The first kappa shape index (κ1) is 18.0. The van der Waals surface area contributed by atoms with Gasteiger partial charge in [-0.1, -0.05) is 25.1 Å². The van der Waals surface area contributed by atoms with Gasteiger partial charge in [-0.25, -0.2) is 8.42 Å². The predicted molar refractivity (Wildman–Crippen MR) is 103 cm³/mol. The maximum atomic E-state index is 12.9. The molecule has 5 nitrogen and oxygen atoms in total. The van der Waals surface area contributed by atoms with Crippen molar-refractivity contribution in [2.24, 2.45) is 0 Å². The van der Waals surface area contributed by atoms with Crippen molar-refractivity contribution in [1.82, 2.24) is 9.21 Å². The largest absolute Gasteiger partial charge is 0.493 e. The minimum Gasteiger partial charge on any atom is -0.493 e. The van der Waals surface area contributed by atoms with Gasteiger partial charge >= 0.3 is 0 Å². The highest BCUT2D eigenvalue weighted by atomic mass is 32.2. The molecular weight excluding hydrogens is 368 g/mol. The summed E-state index contributed by atoms with van der Waals surface area (Å²) in [6.45, 7) is 5.36. The van der Waals surface area contributed by atoms with Crippen molar-refractivity contribution in [3.05, 3.63) is 46.8 Å². The lowest BCUT2D eigenvalue weighted by Crippen LogP contribution is -2.50. The van der Waals surface area contributed by atoms with E-state index in [0.29, 0.717) is 23.3 Å². The van der Waals surface area contributed by atoms with Crippen LogP contribution in [-0.4, -0.2) is 50.4 Å². The zero-order chi connectivity index (χ0) is 18.1. The maximum Gasteiger partial charge on any atom is 0.252 e. The summed E-state index contributed by atoms with van der Waals surface area (Å²) in [4.78, 5) is 3.51. The number of piperazine rings is 1. The number of sulfonamides is 1. The van der Waals surface area contributed by atoms with E-state index in [1.54, 1.807) is 10.4 Å². The second-order valence-electron chi connectivity index (χ2n) is 6.71. The van der Waals surface area contributed by atoms with Crippen molar-refractivity contribution in [2.75, 3.05) is 32.8 Å². The molecule has 0 N–H and O–H groups in total. The van der Waals surface area contributed by atoms with Crippen molar-refractivity contribution < 1.29 is 13.2 Å². The first-order valence-electron chi connectivity index (χ1n) is 9.14. The normalized spacial score (nSPS) is 22.0. The monoisotopic (exact) mass is 392 g/mol. The molecule has 1 atom stereocenters. The van der Waals surface area contributed by atoms with Gasteiger partial charge in [-0.05, 0) is 24.6 Å². The van der Waals surface area contributed by atoms with Crippen LogP contribution in [0.15, 0.2) is 40.6 Å². The van der Waals surface area contributed by atoms with E-state index in [-0.39, 0.29) is 0 Å². The summed E-state index contributed by atoms with van der Waals surface area (Å²) in [7, 11) is -3.37. The summed E-state index contributed by atoms with van der Waals surface area (Å²) in [6.07, 6.45) is 1.83. The molecule has 2 aromatic rings. The number of rotatable bonds is 4. The van der Waals surface area contributed by atoms with Gasteiger partial charge in [0.1, 0.15) is 9.96 Å². The van der Waals surface area contributed by atoms with Crippen LogP contribution in [0.3, 0.4) is 0 Å². The van der Waals surface area contributed by atoms with Gasteiger partial charge in [0.2, 0.25) is 0 Å². The molecule has 0 aliphatic carbocycles. The van der Waals surface area contributed by atoms with E-state index in [1.807, 2.05) is 31.2 Å². The molecule has 0 amide bonds. The molecule has 7 heteroatoms. The molecule has 1 unspecified atom stereocenters. The molecule has 2 aliphatic rings. The summed E-state index contributed by atoms with van der Waals surface area (Å²) in [5.41, 5.74) is 1.22. The predicted octanol–water partition coefficient (Wildman–Crippen LogP) is 3.14. The summed E-state index contributed by atoms with van der Waals surface area (Å²) in [5, 5.41) is 0. The van der Waals surface area contributed by atoms with Gasteiger partial charge in [-0.15, -0.1) is 11.3 Å². The Morgan fingerprint density at radius 2 is 1.88 bits per heavy atom. The third-order valence-corrected chi connectivity index (χ3v) is 8.82. The van der Waals surface area contributed by atoms with Crippen molar-refractivity contribution in [2.45, 2.75) is 30.0 Å². The highest BCUT2D eigenvalue weighted by molar-refractivity contribution is 7.91. The average Bonchev–Trinajstić information content (AvgIpc) is 3.18. The van der Waals surface area contributed by atoms with Crippen LogP contribution in [-0.2, 0) is 16.4 Å². The van der Waals surface area contributed by atoms with Crippen LogP contribution in [0.1, 0.15) is 29.8 Å². The third-order valence-electron chi connectivity index (χ3n) is 5.22. The SMILES string of the molecule is CCc1ccc(S(=O)(=O)N2CCN(C3CCOc4ccccc43)CC2)s1. The van der Waals surface area contributed by atoms with Gasteiger partial charge < -0.3 is 4.74 Å². The molecule has 140 valence electrons. The zero-order valence-electron chi connectivity index (χ0n) is 14.9. The fourth-order valence-electron chi connectivity index (χ4n) is 3.77. The third kappa shape index (κ3) is 3.29. The number of fused-ring (bicyclic) bond motifs is 1. The Bertz CT molecular complexity index is 870. The van der Waals surface area contributed by atoms with Crippen molar-refractivity contribution in [3.8, 4) is 5.75 Å². The first-order chi connectivity index (χ1) is 12.6. The number of aryl methyl sites for hydroxylation is 1. The number of hydrogen-bond acceptors (Lipinski definition) is 5. The zero-order valence-corrected chi connectivity index (χ0v) is 16.6. The minimum absolute atomic E-state index is 0.318. The van der Waals surface area contributed by atoms with Gasteiger partial charge in [-0.3, -0.25) is 4.90 Å². The second-order valence-corrected chi connectivity index (χ2v) is 10.0. The fourth-order valence-corrected chi connectivity index (χ4v) is 6.64. The van der Waals surface area contributed by atoms with Crippen molar-refractivity contribution >= 4 is 21.4 Å². The van der Waals surface area contributed by atoms with E-state index < -0.39 is 10.0 Å². The van der Waals surface area contributed by atoms with Crippen LogP contribution < -0.4 is 4.74 Å². The molecule has 0 spiro atoms. The van der Waals surface area contributed by atoms with Crippen LogP contribution >= 0.6 is 11.3 Å². The van der Waals surface area contributed by atoms with Gasteiger partial charge in [0.15, 0.2) is 0 Å². The van der Waals surface area contributed by atoms with Crippen molar-refractivity contribution in [1.29, 1.82) is 0 Å². The molecule has 3 heterocycles. The Kier molecular flexibility index (Phi) is 5.05. The number of para-hydroxylation sites is 1. The molecule has 0 saturated carbocycles. The molecule has 1 aromatic heterocycles. The van der Waals surface area contributed by atoms with Gasteiger partial charge in [-0.2, -0.15) is 4.31 Å². The van der Waals surface area contributed by atoms with E-state index in [1.165, 1.54) is 16.9 Å². The summed E-state index contributed by atoms with van der Waals surface area (Å²) < 4.78 is 33.7. The molecule has 26 heavy (non-hydrogen) atoms. The lowest BCUT2D eigenvalue weighted by atomic mass is 9.98. The molecular formula is C19H24N2O3S2. The van der Waals surface area contributed by atoms with Gasteiger partial charge in [0, 0.05) is 49.1 Å².